The number of hydrogen-bond donors (Lipinski definition) is 2. The Hall–Kier alpha value is -3.55. The maximum absolute atomic E-state index is 12.5. The number of ether oxygens (including phenoxy) is 2. The monoisotopic (exact) mass is 386 g/mol. The van der Waals surface area contributed by atoms with Gasteiger partial charge >= 0.3 is 5.97 Å². The van der Waals surface area contributed by atoms with E-state index in [-0.39, 0.29) is 30.6 Å². The van der Waals surface area contributed by atoms with Crippen molar-refractivity contribution >= 4 is 23.9 Å². The van der Waals surface area contributed by atoms with E-state index in [0.29, 0.717) is 17.7 Å². The summed E-state index contributed by atoms with van der Waals surface area (Å²) in [5, 5.41) is 5.24. The van der Waals surface area contributed by atoms with E-state index in [1.807, 2.05) is 0 Å². The summed E-state index contributed by atoms with van der Waals surface area (Å²) in [4.78, 5) is 35.5. The molecule has 1 heterocycles. The zero-order chi connectivity index (χ0) is 20.4. The van der Waals surface area contributed by atoms with Crippen LogP contribution < -0.4 is 15.4 Å². The topological polar surface area (TPSA) is 107 Å². The first-order valence-electron chi connectivity index (χ1n) is 8.61. The summed E-state index contributed by atoms with van der Waals surface area (Å²) in [5.74, 6) is -0.632. The fraction of sp³-hybridized carbons (Fsp3) is 0.250. The predicted molar refractivity (Wildman–Crippen MR) is 101 cm³/mol. The molecule has 2 rings (SSSR count). The van der Waals surface area contributed by atoms with Crippen LogP contribution in [0.25, 0.3) is 6.08 Å². The largest absolute Gasteiger partial charge is 0.497 e. The van der Waals surface area contributed by atoms with Crippen molar-refractivity contribution in [3.8, 4) is 5.75 Å². The summed E-state index contributed by atoms with van der Waals surface area (Å²) in [6, 6.07) is 10.1. The average Bonchev–Trinajstić information content (AvgIpc) is 3.22. The van der Waals surface area contributed by atoms with Crippen LogP contribution in [0.2, 0.25) is 0 Å². The molecule has 0 unspecified atom stereocenters. The van der Waals surface area contributed by atoms with Gasteiger partial charge in [0.05, 0.1) is 20.0 Å². The highest BCUT2D eigenvalue weighted by atomic mass is 16.5. The van der Waals surface area contributed by atoms with Crippen molar-refractivity contribution in [3.05, 3.63) is 59.7 Å². The maximum atomic E-state index is 12.5. The van der Waals surface area contributed by atoms with E-state index in [1.54, 1.807) is 43.5 Å². The highest BCUT2D eigenvalue weighted by Crippen LogP contribution is 2.14. The molecule has 0 atom stereocenters. The molecule has 0 saturated carbocycles. The summed E-state index contributed by atoms with van der Waals surface area (Å²) in [5.41, 5.74) is 0.754. The minimum Gasteiger partial charge on any atom is -0.497 e. The van der Waals surface area contributed by atoms with Gasteiger partial charge in [-0.05, 0) is 42.3 Å². The maximum Gasteiger partial charge on any atom is 0.302 e. The summed E-state index contributed by atoms with van der Waals surface area (Å²) in [6.07, 6.45) is 3.37. The van der Waals surface area contributed by atoms with E-state index < -0.39 is 11.8 Å². The molecule has 0 aliphatic carbocycles. The van der Waals surface area contributed by atoms with Gasteiger partial charge in [0.15, 0.2) is 5.76 Å². The van der Waals surface area contributed by atoms with Crippen LogP contribution in [0.3, 0.4) is 0 Å². The van der Waals surface area contributed by atoms with Gasteiger partial charge in [-0.25, -0.2) is 0 Å². The van der Waals surface area contributed by atoms with E-state index in [1.165, 1.54) is 19.3 Å². The van der Waals surface area contributed by atoms with Crippen molar-refractivity contribution < 1.29 is 28.3 Å². The van der Waals surface area contributed by atoms with Crippen molar-refractivity contribution in [1.29, 1.82) is 0 Å². The molecule has 0 fully saturated rings. The van der Waals surface area contributed by atoms with E-state index in [2.05, 4.69) is 10.6 Å². The van der Waals surface area contributed by atoms with Gasteiger partial charge in [0, 0.05) is 13.5 Å². The molecule has 8 nitrogen and oxygen atoms in total. The Balaban J connectivity index is 2.08. The summed E-state index contributed by atoms with van der Waals surface area (Å²) in [7, 11) is 1.56. The fourth-order valence-corrected chi connectivity index (χ4v) is 2.20. The number of methoxy groups -OCH3 is 1. The number of hydrogen-bond acceptors (Lipinski definition) is 6. The Morgan fingerprint density at radius 2 is 1.89 bits per heavy atom. The number of carbonyl (C=O) groups excluding carboxylic acids is 3. The molecule has 0 spiro atoms. The molecule has 28 heavy (non-hydrogen) atoms. The number of amides is 2. The van der Waals surface area contributed by atoms with E-state index in [9.17, 15) is 14.4 Å². The highest BCUT2D eigenvalue weighted by Gasteiger charge is 2.16. The van der Waals surface area contributed by atoms with E-state index in [0.717, 1.165) is 0 Å². The minimum atomic E-state index is -0.542. The molecule has 1 aromatic carbocycles. The third kappa shape index (κ3) is 6.64. The first-order valence-corrected chi connectivity index (χ1v) is 8.61. The number of benzene rings is 1. The van der Waals surface area contributed by atoms with E-state index >= 15 is 0 Å². The molecule has 8 heteroatoms. The molecule has 0 aliphatic rings. The third-order valence-electron chi connectivity index (χ3n) is 3.58. The quantitative estimate of drug-likeness (QED) is 0.388. The second kappa shape index (κ2) is 10.6. The molecule has 0 radical (unpaired) electrons. The van der Waals surface area contributed by atoms with Gasteiger partial charge in [-0.3, -0.25) is 14.4 Å². The number of rotatable bonds is 9. The first-order chi connectivity index (χ1) is 13.5. The van der Waals surface area contributed by atoms with E-state index in [4.69, 9.17) is 13.9 Å². The molecule has 0 aliphatic heterocycles. The van der Waals surface area contributed by atoms with Gasteiger partial charge in [0.2, 0.25) is 0 Å². The van der Waals surface area contributed by atoms with Crippen LogP contribution in [0.15, 0.2) is 52.8 Å². The van der Waals surface area contributed by atoms with Crippen LogP contribution in [-0.4, -0.2) is 38.0 Å². The zero-order valence-corrected chi connectivity index (χ0v) is 15.7. The number of carbonyl (C=O) groups is 3. The fourth-order valence-electron chi connectivity index (χ4n) is 2.20. The van der Waals surface area contributed by atoms with Crippen LogP contribution in [0.5, 0.6) is 5.75 Å². The Labute approximate surface area is 162 Å². The smallest absolute Gasteiger partial charge is 0.302 e. The zero-order valence-electron chi connectivity index (χ0n) is 15.7. The molecule has 0 bridgehead atoms. The lowest BCUT2D eigenvalue weighted by molar-refractivity contribution is -0.141. The van der Waals surface area contributed by atoms with Crippen molar-refractivity contribution in [3.63, 3.8) is 0 Å². The Kier molecular flexibility index (Phi) is 7.83. The van der Waals surface area contributed by atoms with Crippen molar-refractivity contribution in [2.24, 2.45) is 0 Å². The highest BCUT2D eigenvalue weighted by molar-refractivity contribution is 6.04. The molecule has 0 saturated heterocycles. The van der Waals surface area contributed by atoms with Crippen LogP contribution in [0.4, 0.5) is 0 Å². The molecular formula is C20H22N2O6. The lowest BCUT2D eigenvalue weighted by Gasteiger charge is -2.10. The Morgan fingerprint density at radius 3 is 2.50 bits per heavy atom. The van der Waals surface area contributed by atoms with Gasteiger partial charge in [-0.2, -0.15) is 0 Å². The summed E-state index contributed by atoms with van der Waals surface area (Å²) in [6.45, 7) is 1.80. The second-order valence-corrected chi connectivity index (χ2v) is 5.71. The molecule has 2 N–H and O–H groups in total. The predicted octanol–water partition coefficient (Wildman–Crippen LogP) is 2.13. The second-order valence-electron chi connectivity index (χ2n) is 5.71. The summed E-state index contributed by atoms with van der Waals surface area (Å²) >= 11 is 0. The summed E-state index contributed by atoms with van der Waals surface area (Å²) < 4.78 is 15.0. The van der Waals surface area contributed by atoms with Crippen LogP contribution >= 0.6 is 0 Å². The lowest BCUT2D eigenvalue weighted by Crippen LogP contribution is -2.35. The first kappa shape index (κ1) is 20.8. The van der Waals surface area contributed by atoms with Crippen LogP contribution in [0, 0.1) is 0 Å². The molecule has 148 valence electrons. The van der Waals surface area contributed by atoms with Crippen LogP contribution in [0.1, 0.15) is 29.5 Å². The van der Waals surface area contributed by atoms with Gasteiger partial charge in [0.25, 0.3) is 11.8 Å². The molecule has 2 amide bonds. The third-order valence-corrected chi connectivity index (χ3v) is 3.58. The Bertz CT molecular complexity index is 825. The number of nitrogens with one attached hydrogen (secondary N) is 2. The van der Waals surface area contributed by atoms with Gasteiger partial charge in [-0.15, -0.1) is 0 Å². The van der Waals surface area contributed by atoms with Gasteiger partial charge in [0.1, 0.15) is 11.4 Å². The van der Waals surface area contributed by atoms with Crippen molar-refractivity contribution in [2.45, 2.75) is 13.3 Å². The minimum absolute atomic E-state index is 0.0547. The standard InChI is InChI=1S/C20H22N2O6/c1-14(23)27-12-4-10-21-19(24)17(22-20(25)18-5-3-11-28-18)13-15-6-8-16(26-2)9-7-15/h3,5-9,11,13H,4,10,12H2,1-2H3,(H,21,24)(H,22,25)/b17-13-. The van der Waals surface area contributed by atoms with Crippen LogP contribution in [-0.2, 0) is 14.3 Å². The molecular weight excluding hydrogens is 364 g/mol. The number of furan rings is 1. The van der Waals surface area contributed by atoms with Gasteiger partial charge < -0.3 is 24.5 Å². The normalized spacial score (nSPS) is 10.9. The van der Waals surface area contributed by atoms with Gasteiger partial charge in [-0.1, -0.05) is 12.1 Å². The SMILES string of the molecule is COc1ccc(/C=C(\NC(=O)c2ccco2)C(=O)NCCCOC(C)=O)cc1. The molecule has 2 aromatic rings. The lowest BCUT2D eigenvalue weighted by atomic mass is 10.1. The Morgan fingerprint density at radius 1 is 1.14 bits per heavy atom. The molecule has 1 aromatic heterocycles. The number of esters is 1. The average molecular weight is 386 g/mol. The van der Waals surface area contributed by atoms with Crippen molar-refractivity contribution in [2.75, 3.05) is 20.3 Å². The van der Waals surface area contributed by atoms with Crippen molar-refractivity contribution in [1.82, 2.24) is 10.6 Å².